The zero-order valence-electron chi connectivity index (χ0n) is 11.0. The summed E-state index contributed by atoms with van der Waals surface area (Å²) in [5.41, 5.74) is 0. The molecule has 1 aliphatic rings. The highest BCUT2D eigenvalue weighted by Crippen LogP contribution is 2.21. The van der Waals surface area contributed by atoms with Crippen molar-refractivity contribution in [2.45, 2.75) is 6.42 Å². The largest absolute Gasteiger partial charge is 0.334 e. The van der Waals surface area contributed by atoms with Gasteiger partial charge < -0.3 is 0 Å². The predicted molar refractivity (Wildman–Crippen MR) is 75.3 cm³/mol. The lowest BCUT2D eigenvalue weighted by molar-refractivity contribution is 0.117. The van der Waals surface area contributed by atoms with Crippen molar-refractivity contribution >= 4 is 12.1 Å². The van der Waals surface area contributed by atoms with Crippen molar-refractivity contribution in [3.8, 4) is 0 Å². The molecule has 0 saturated carbocycles. The number of imide groups is 1. The zero-order valence-corrected chi connectivity index (χ0v) is 11.0. The van der Waals surface area contributed by atoms with E-state index in [1.54, 1.807) is 18.2 Å². The van der Waals surface area contributed by atoms with Crippen LogP contribution in [0.25, 0.3) is 0 Å². The Morgan fingerprint density at radius 3 is 1.68 bits per heavy atom. The molecule has 4 amide bonds. The molecule has 1 saturated heterocycles. The van der Waals surface area contributed by atoms with Crippen molar-refractivity contribution in [2.75, 3.05) is 19.6 Å². The van der Waals surface area contributed by atoms with E-state index in [9.17, 15) is 9.59 Å². The Bertz CT molecular complexity index is 396. The molecule has 0 unspecified atom stereocenters. The third-order valence-electron chi connectivity index (χ3n) is 2.73. The minimum atomic E-state index is -0.378. The lowest BCUT2D eigenvalue weighted by atomic mass is 10.3. The van der Waals surface area contributed by atoms with Gasteiger partial charge in [0.05, 0.1) is 0 Å². The van der Waals surface area contributed by atoms with E-state index in [1.807, 2.05) is 0 Å². The Balaban J connectivity index is 3.03. The zero-order chi connectivity index (χ0) is 14.4. The molecular formula is C14H19N3O2. The average molecular weight is 261 g/mol. The topological polar surface area (TPSA) is 43.9 Å². The number of hydrogen-bond acceptors (Lipinski definition) is 2. The van der Waals surface area contributed by atoms with Crippen molar-refractivity contribution in [2.24, 2.45) is 0 Å². The summed E-state index contributed by atoms with van der Waals surface area (Å²) in [6.45, 7) is 15.5. The maximum absolute atomic E-state index is 12.2. The minimum Gasteiger partial charge on any atom is -0.276 e. The van der Waals surface area contributed by atoms with Crippen LogP contribution >= 0.6 is 0 Å². The van der Waals surface area contributed by atoms with E-state index in [0.717, 1.165) is 0 Å². The molecule has 19 heavy (non-hydrogen) atoms. The number of hydrogen-bond donors (Lipinski definition) is 0. The standard InChI is InChI=1S/C14H19N3O2/c1-5-8-11-17-13(18)15(9-6-2)12(4)16(10-7-3)14(17)19/h5-7H,1-4,8-11H2. The summed E-state index contributed by atoms with van der Waals surface area (Å²) in [7, 11) is 0. The first kappa shape index (κ1) is 14.8. The van der Waals surface area contributed by atoms with Crippen LogP contribution in [0.4, 0.5) is 9.59 Å². The number of rotatable bonds is 7. The van der Waals surface area contributed by atoms with Crippen molar-refractivity contribution in [3.05, 3.63) is 50.4 Å². The van der Waals surface area contributed by atoms with Gasteiger partial charge >= 0.3 is 12.1 Å². The lowest BCUT2D eigenvalue weighted by Gasteiger charge is -2.41. The van der Waals surface area contributed by atoms with Crippen molar-refractivity contribution in [3.63, 3.8) is 0 Å². The number of urea groups is 2. The molecule has 5 heteroatoms. The first-order chi connectivity index (χ1) is 9.08. The summed E-state index contributed by atoms with van der Waals surface area (Å²) in [4.78, 5) is 28.5. The van der Waals surface area contributed by atoms with E-state index in [4.69, 9.17) is 0 Å². The summed E-state index contributed by atoms with van der Waals surface area (Å²) in [6, 6.07) is -0.755. The van der Waals surface area contributed by atoms with Crippen LogP contribution in [0.5, 0.6) is 0 Å². The summed E-state index contributed by atoms with van der Waals surface area (Å²) < 4.78 is 0. The van der Waals surface area contributed by atoms with Crippen molar-refractivity contribution in [1.82, 2.24) is 14.7 Å². The van der Waals surface area contributed by atoms with Gasteiger partial charge in [0.15, 0.2) is 0 Å². The predicted octanol–water partition coefficient (Wildman–Crippen LogP) is 2.57. The smallest absolute Gasteiger partial charge is 0.276 e. The van der Waals surface area contributed by atoms with Gasteiger partial charge in [-0.2, -0.15) is 0 Å². The number of carbonyl (C=O) groups is 2. The van der Waals surface area contributed by atoms with E-state index in [1.165, 1.54) is 14.7 Å². The van der Waals surface area contributed by atoms with E-state index in [0.29, 0.717) is 31.9 Å². The SMILES string of the molecule is C=CCCN1C(=O)N(CC=C)C(=C)N(CC=C)C1=O. The van der Waals surface area contributed by atoms with Crippen LogP contribution < -0.4 is 0 Å². The van der Waals surface area contributed by atoms with Gasteiger partial charge in [-0.15, -0.1) is 19.7 Å². The second kappa shape index (κ2) is 6.58. The van der Waals surface area contributed by atoms with Gasteiger partial charge in [0.25, 0.3) is 0 Å². The molecule has 1 rings (SSSR count). The average Bonchev–Trinajstić information content (AvgIpc) is 2.40. The Hall–Kier alpha value is -2.30. The first-order valence-electron chi connectivity index (χ1n) is 6.00. The quantitative estimate of drug-likeness (QED) is 0.661. The molecule has 0 aromatic carbocycles. The van der Waals surface area contributed by atoms with Crippen LogP contribution in [0.1, 0.15) is 6.42 Å². The molecule has 0 atom stereocenters. The number of nitrogens with zero attached hydrogens (tertiary/aromatic N) is 3. The van der Waals surface area contributed by atoms with Crippen LogP contribution in [0.2, 0.25) is 0 Å². The first-order valence-corrected chi connectivity index (χ1v) is 6.00. The number of amides is 4. The van der Waals surface area contributed by atoms with Crippen LogP contribution in [0.15, 0.2) is 50.4 Å². The maximum Gasteiger partial charge on any atom is 0.334 e. The van der Waals surface area contributed by atoms with Gasteiger partial charge in [0, 0.05) is 19.6 Å². The third-order valence-corrected chi connectivity index (χ3v) is 2.73. The highest BCUT2D eigenvalue weighted by molar-refractivity contribution is 5.98. The second-order valence-electron chi connectivity index (χ2n) is 4.01. The molecule has 1 heterocycles. The van der Waals surface area contributed by atoms with E-state index >= 15 is 0 Å². The maximum atomic E-state index is 12.2. The molecule has 1 fully saturated rings. The summed E-state index contributed by atoms with van der Waals surface area (Å²) >= 11 is 0. The van der Waals surface area contributed by atoms with Gasteiger partial charge in [0.2, 0.25) is 0 Å². The Morgan fingerprint density at radius 1 is 0.842 bits per heavy atom. The third kappa shape index (κ3) is 2.93. The Labute approximate surface area is 113 Å². The molecule has 0 N–H and O–H groups in total. The molecule has 0 radical (unpaired) electrons. The molecule has 0 bridgehead atoms. The number of carbonyl (C=O) groups excluding carboxylic acids is 2. The van der Waals surface area contributed by atoms with Gasteiger partial charge in [0.1, 0.15) is 5.82 Å². The second-order valence-corrected chi connectivity index (χ2v) is 4.01. The van der Waals surface area contributed by atoms with Gasteiger partial charge in [-0.3, -0.25) is 9.80 Å². The monoisotopic (exact) mass is 261 g/mol. The van der Waals surface area contributed by atoms with E-state index in [2.05, 4.69) is 26.3 Å². The molecule has 1 aliphatic heterocycles. The Morgan fingerprint density at radius 2 is 1.32 bits per heavy atom. The molecule has 0 aromatic rings. The van der Waals surface area contributed by atoms with Crippen LogP contribution in [0, 0.1) is 0 Å². The van der Waals surface area contributed by atoms with E-state index < -0.39 is 0 Å². The molecule has 0 aliphatic carbocycles. The van der Waals surface area contributed by atoms with E-state index in [-0.39, 0.29) is 12.1 Å². The van der Waals surface area contributed by atoms with Gasteiger partial charge in [-0.25, -0.2) is 14.5 Å². The summed E-state index contributed by atoms with van der Waals surface area (Å²) in [5, 5.41) is 0. The highest BCUT2D eigenvalue weighted by atomic mass is 16.2. The highest BCUT2D eigenvalue weighted by Gasteiger charge is 2.38. The lowest BCUT2D eigenvalue weighted by Crippen LogP contribution is -2.59. The summed E-state index contributed by atoms with van der Waals surface area (Å²) in [5.74, 6) is 0.352. The van der Waals surface area contributed by atoms with Crippen LogP contribution in [-0.2, 0) is 0 Å². The van der Waals surface area contributed by atoms with Crippen LogP contribution in [-0.4, -0.2) is 46.4 Å². The molecule has 102 valence electrons. The van der Waals surface area contributed by atoms with Crippen molar-refractivity contribution < 1.29 is 9.59 Å². The van der Waals surface area contributed by atoms with Crippen LogP contribution in [0.3, 0.4) is 0 Å². The van der Waals surface area contributed by atoms with Crippen molar-refractivity contribution in [1.29, 1.82) is 0 Å². The van der Waals surface area contributed by atoms with Gasteiger partial charge in [-0.05, 0) is 6.42 Å². The fourth-order valence-electron chi connectivity index (χ4n) is 1.78. The molecule has 0 aromatic heterocycles. The Kier molecular flexibility index (Phi) is 5.11. The minimum absolute atomic E-state index is 0.301. The van der Waals surface area contributed by atoms with Gasteiger partial charge in [-0.1, -0.05) is 24.8 Å². The summed E-state index contributed by atoms with van der Waals surface area (Å²) in [6.07, 6.45) is 5.40. The molecular weight excluding hydrogens is 242 g/mol. The fraction of sp³-hybridized carbons (Fsp3) is 0.286. The fourth-order valence-corrected chi connectivity index (χ4v) is 1.78. The molecule has 0 spiro atoms. The normalized spacial score (nSPS) is 15.8. The molecule has 5 nitrogen and oxygen atoms in total.